The first kappa shape index (κ1) is 15.1. The van der Waals surface area contributed by atoms with Gasteiger partial charge in [-0.05, 0) is 18.2 Å². The third kappa shape index (κ3) is 3.21. The standard InChI is InChI=1S/C13H12BrNO4S/c1-7(16)20-9-5-12(17)15(6-9)11-4-8(14)2-3-10(11)13(18)19/h2-4,9H,5-6H2,1H3,(H,18,19). The normalized spacial score (nSPS) is 18.4. The number of aromatic carboxylic acids is 1. The molecule has 2 rings (SSSR count). The zero-order valence-corrected chi connectivity index (χ0v) is 13.0. The Morgan fingerprint density at radius 1 is 1.45 bits per heavy atom. The van der Waals surface area contributed by atoms with Crippen molar-refractivity contribution in [1.29, 1.82) is 0 Å². The number of carboxylic acid groups (broad SMARTS) is 1. The zero-order valence-electron chi connectivity index (χ0n) is 10.6. The van der Waals surface area contributed by atoms with Crippen molar-refractivity contribution >= 4 is 50.4 Å². The largest absolute Gasteiger partial charge is 0.478 e. The summed E-state index contributed by atoms with van der Waals surface area (Å²) in [6.07, 6.45) is 0.246. The Bertz CT molecular complexity index is 590. The van der Waals surface area contributed by atoms with Gasteiger partial charge in [0, 0.05) is 29.6 Å². The molecule has 1 N–H and O–H groups in total. The van der Waals surface area contributed by atoms with E-state index in [4.69, 9.17) is 0 Å². The molecule has 1 amide bonds. The minimum atomic E-state index is -1.08. The lowest BCUT2D eigenvalue weighted by Crippen LogP contribution is -2.27. The molecular formula is C13H12BrNO4S. The number of carbonyl (C=O) groups is 3. The van der Waals surface area contributed by atoms with Gasteiger partial charge in [0.05, 0.1) is 11.3 Å². The fourth-order valence-electron chi connectivity index (χ4n) is 2.13. The maximum Gasteiger partial charge on any atom is 0.337 e. The molecule has 0 saturated carbocycles. The van der Waals surface area contributed by atoms with Crippen LogP contribution in [-0.2, 0) is 9.59 Å². The van der Waals surface area contributed by atoms with Crippen LogP contribution >= 0.6 is 27.7 Å². The van der Waals surface area contributed by atoms with Crippen molar-refractivity contribution in [3.63, 3.8) is 0 Å². The van der Waals surface area contributed by atoms with Crippen LogP contribution in [0.4, 0.5) is 5.69 Å². The van der Waals surface area contributed by atoms with Gasteiger partial charge >= 0.3 is 5.97 Å². The quantitative estimate of drug-likeness (QED) is 0.899. The molecule has 1 heterocycles. The minimum absolute atomic E-state index is 0.0441. The monoisotopic (exact) mass is 357 g/mol. The van der Waals surface area contributed by atoms with Gasteiger partial charge in [-0.25, -0.2) is 4.79 Å². The van der Waals surface area contributed by atoms with E-state index < -0.39 is 5.97 Å². The van der Waals surface area contributed by atoms with E-state index in [1.54, 1.807) is 12.1 Å². The Morgan fingerprint density at radius 2 is 2.15 bits per heavy atom. The predicted molar refractivity (Wildman–Crippen MR) is 80.1 cm³/mol. The fraction of sp³-hybridized carbons (Fsp3) is 0.308. The molecule has 1 atom stereocenters. The van der Waals surface area contributed by atoms with Crippen LogP contribution in [0, 0.1) is 0 Å². The summed E-state index contributed by atoms with van der Waals surface area (Å²) in [5, 5.41) is 9.03. The molecule has 7 heteroatoms. The van der Waals surface area contributed by atoms with E-state index in [-0.39, 0.29) is 28.3 Å². The average Bonchev–Trinajstić information content (AvgIpc) is 2.68. The second-order valence-electron chi connectivity index (χ2n) is 4.41. The molecule has 1 aliphatic rings. The van der Waals surface area contributed by atoms with Crippen molar-refractivity contribution in [2.45, 2.75) is 18.6 Å². The Hall–Kier alpha value is -1.34. The molecule has 1 aliphatic heterocycles. The minimum Gasteiger partial charge on any atom is -0.478 e. The second-order valence-corrected chi connectivity index (χ2v) is 6.80. The maximum atomic E-state index is 12.0. The number of amides is 1. The molecule has 1 fully saturated rings. The van der Waals surface area contributed by atoms with Gasteiger partial charge in [-0.1, -0.05) is 27.7 Å². The van der Waals surface area contributed by atoms with Crippen LogP contribution in [0.5, 0.6) is 0 Å². The lowest BCUT2D eigenvalue weighted by atomic mass is 10.1. The number of rotatable bonds is 3. The van der Waals surface area contributed by atoms with Crippen LogP contribution in [0.2, 0.25) is 0 Å². The van der Waals surface area contributed by atoms with Crippen molar-refractivity contribution in [2.75, 3.05) is 11.4 Å². The molecule has 106 valence electrons. The molecule has 20 heavy (non-hydrogen) atoms. The Morgan fingerprint density at radius 3 is 2.75 bits per heavy atom. The van der Waals surface area contributed by atoms with Crippen molar-refractivity contribution in [3.05, 3.63) is 28.2 Å². The van der Waals surface area contributed by atoms with E-state index in [0.29, 0.717) is 16.7 Å². The van der Waals surface area contributed by atoms with Crippen molar-refractivity contribution in [2.24, 2.45) is 0 Å². The number of halogens is 1. The second kappa shape index (κ2) is 5.97. The summed E-state index contributed by atoms with van der Waals surface area (Å²) in [6, 6.07) is 4.69. The number of hydrogen-bond acceptors (Lipinski definition) is 4. The van der Waals surface area contributed by atoms with E-state index in [1.165, 1.54) is 17.9 Å². The Kier molecular flexibility index (Phi) is 4.49. The summed E-state index contributed by atoms with van der Waals surface area (Å²) in [5.41, 5.74) is 0.443. The third-order valence-electron chi connectivity index (χ3n) is 2.90. The van der Waals surface area contributed by atoms with Gasteiger partial charge in [-0.2, -0.15) is 0 Å². The van der Waals surface area contributed by atoms with Gasteiger partial charge in [0.1, 0.15) is 0 Å². The number of benzene rings is 1. The molecule has 1 aromatic rings. The third-order valence-corrected chi connectivity index (χ3v) is 4.38. The van der Waals surface area contributed by atoms with Crippen LogP contribution < -0.4 is 4.90 Å². The van der Waals surface area contributed by atoms with Gasteiger partial charge in [0.15, 0.2) is 5.12 Å². The molecule has 0 spiro atoms. The number of thioether (sulfide) groups is 1. The number of carbonyl (C=O) groups excluding carboxylic acids is 2. The summed E-state index contributed by atoms with van der Waals surface area (Å²) in [5.74, 6) is -1.24. The molecule has 0 aromatic heterocycles. The Labute approximate surface area is 128 Å². The maximum absolute atomic E-state index is 12.0. The van der Waals surface area contributed by atoms with Gasteiger partial charge in [0.2, 0.25) is 5.91 Å². The van der Waals surface area contributed by atoms with Gasteiger partial charge < -0.3 is 10.0 Å². The molecule has 0 radical (unpaired) electrons. The fourth-order valence-corrected chi connectivity index (χ4v) is 3.40. The zero-order chi connectivity index (χ0) is 14.9. The van der Waals surface area contributed by atoms with Crippen molar-refractivity contribution < 1.29 is 19.5 Å². The predicted octanol–water partition coefficient (Wildman–Crippen LogP) is 2.53. The summed E-state index contributed by atoms with van der Waals surface area (Å²) in [7, 11) is 0. The highest BCUT2D eigenvalue weighted by Crippen LogP contribution is 2.32. The first-order chi connectivity index (χ1) is 9.38. The summed E-state index contributed by atoms with van der Waals surface area (Å²) in [6.45, 7) is 1.80. The van der Waals surface area contributed by atoms with Crippen LogP contribution in [0.1, 0.15) is 23.7 Å². The molecule has 1 aromatic carbocycles. The lowest BCUT2D eigenvalue weighted by Gasteiger charge is -2.19. The number of hydrogen-bond donors (Lipinski definition) is 1. The highest BCUT2D eigenvalue weighted by Gasteiger charge is 2.33. The van der Waals surface area contributed by atoms with Gasteiger partial charge in [-0.3, -0.25) is 9.59 Å². The molecule has 1 saturated heterocycles. The number of nitrogens with zero attached hydrogens (tertiary/aromatic N) is 1. The van der Waals surface area contributed by atoms with E-state index in [0.717, 1.165) is 11.8 Å². The van der Waals surface area contributed by atoms with Crippen LogP contribution in [-0.4, -0.2) is 33.9 Å². The molecule has 0 bridgehead atoms. The highest BCUT2D eigenvalue weighted by molar-refractivity contribution is 9.10. The molecule has 0 aliphatic carbocycles. The molecular weight excluding hydrogens is 346 g/mol. The van der Waals surface area contributed by atoms with Gasteiger partial charge in [-0.15, -0.1) is 0 Å². The van der Waals surface area contributed by atoms with Crippen LogP contribution in [0.25, 0.3) is 0 Å². The SMILES string of the molecule is CC(=O)SC1CC(=O)N(c2cc(Br)ccc2C(=O)O)C1. The summed E-state index contributed by atoms with van der Waals surface area (Å²) >= 11 is 4.40. The van der Waals surface area contributed by atoms with E-state index in [2.05, 4.69) is 15.9 Å². The summed E-state index contributed by atoms with van der Waals surface area (Å²) in [4.78, 5) is 35.8. The smallest absolute Gasteiger partial charge is 0.337 e. The van der Waals surface area contributed by atoms with Crippen LogP contribution in [0.15, 0.2) is 22.7 Å². The van der Waals surface area contributed by atoms with E-state index in [9.17, 15) is 19.5 Å². The summed E-state index contributed by atoms with van der Waals surface area (Å²) < 4.78 is 0.702. The van der Waals surface area contributed by atoms with Crippen LogP contribution in [0.3, 0.4) is 0 Å². The molecule has 5 nitrogen and oxygen atoms in total. The van der Waals surface area contributed by atoms with Gasteiger partial charge in [0.25, 0.3) is 0 Å². The number of carboxylic acids is 1. The Balaban J connectivity index is 2.32. The topological polar surface area (TPSA) is 74.7 Å². The highest BCUT2D eigenvalue weighted by atomic mass is 79.9. The molecule has 1 unspecified atom stereocenters. The first-order valence-corrected chi connectivity index (χ1v) is 7.56. The van der Waals surface area contributed by atoms with E-state index in [1.807, 2.05) is 0 Å². The van der Waals surface area contributed by atoms with E-state index >= 15 is 0 Å². The van der Waals surface area contributed by atoms with Crippen molar-refractivity contribution in [3.8, 4) is 0 Å². The number of anilines is 1. The average molecular weight is 358 g/mol. The first-order valence-electron chi connectivity index (χ1n) is 5.89. The lowest BCUT2D eigenvalue weighted by molar-refractivity contribution is -0.117. The van der Waals surface area contributed by atoms with Crippen molar-refractivity contribution in [1.82, 2.24) is 0 Å².